The molecule has 0 saturated carbocycles. The number of carboxylic acid groups (broad SMARTS) is 4. The maximum atomic E-state index is 11.7. The van der Waals surface area contributed by atoms with E-state index in [0.29, 0.717) is 6.42 Å². The van der Waals surface area contributed by atoms with Crippen molar-refractivity contribution in [2.45, 2.75) is 64.3 Å². The normalized spacial score (nSPS) is 12.2. The molecule has 0 aliphatic heterocycles. The highest BCUT2D eigenvalue weighted by atomic mass is 16.4. The zero-order chi connectivity index (χ0) is 22.2. The third-order valence-electron chi connectivity index (χ3n) is 4.57. The molecule has 0 spiro atoms. The lowest BCUT2D eigenvalue weighted by molar-refractivity contribution is -0.148. The highest BCUT2D eigenvalue weighted by molar-refractivity contribution is 5.75. The maximum Gasteiger partial charge on any atom is 0.320 e. The summed E-state index contributed by atoms with van der Waals surface area (Å²) in [6, 6.07) is -1.02. The third kappa shape index (κ3) is 14.5. The zero-order valence-electron chi connectivity index (χ0n) is 17.1. The maximum absolute atomic E-state index is 11.7. The number of carboxylic acids is 4. The Labute approximate surface area is 171 Å². The van der Waals surface area contributed by atoms with Crippen LogP contribution in [0.3, 0.4) is 0 Å². The summed E-state index contributed by atoms with van der Waals surface area (Å²) in [5.41, 5.74) is 0. The molecule has 0 aliphatic rings. The summed E-state index contributed by atoms with van der Waals surface area (Å²) < 4.78 is 0. The van der Waals surface area contributed by atoms with Crippen LogP contribution in [0, 0.1) is 0 Å². The van der Waals surface area contributed by atoms with Crippen LogP contribution in [-0.2, 0) is 19.2 Å². The third-order valence-corrected chi connectivity index (χ3v) is 4.57. The summed E-state index contributed by atoms with van der Waals surface area (Å²) in [5.74, 6) is -4.76. The minimum atomic E-state index is -1.21. The Balaban J connectivity index is 4.83. The molecule has 0 aromatic rings. The summed E-state index contributed by atoms with van der Waals surface area (Å²) in [6.45, 7) is 0.447. The van der Waals surface area contributed by atoms with Crippen LogP contribution < -0.4 is 0 Å². The Bertz CT molecular complexity index is 510. The van der Waals surface area contributed by atoms with Gasteiger partial charge in [0.25, 0.3) is 0 Å². The monoisotopic (exact) mass is 418 g/mol. The lowest BCUT2D eigenvalue weighted by Gasteiger charge is -2.29. The molecule has 0 rings (SSSR count). The summed E-state index contributed by atoms with van der Waals surface area (Å²) in [4.78, 5) is 47.0. The number of aliphatic carboxylic acids is 4. The quantitative estimate of drug-likeness (QED) is 0.226. The summed E-state index contributed by atoms with van der Waals surface area (Å²) >= 11 is 0. The Kier molecular flexibility index (Phi) is 14.5. The Morgan fingerprint density at radius 3 is 1.62 bits per heavy atom. The predicted molar refractivity (Wildman–Crippen MR) is 105 cm³/mol. The topological polar surface area (TPSA) is 156 Å². The van der Waals surface area contributed by atoms with E-state index in [0.717, 1.165) is 37.0 Å². The summed E-state index contributed by atoms with van der Waals surface area (Å²) in [5, 5.41) is 36.5. The molecule has 0 fully saturated rings. The minimum Gasteiger partial charge on any atom is -0.480 e. The molecule has 1 atom stereocenters. The lowest BCUT2D eigenvalue weighted by atomic mass is 10.0. The van der Waals surface area contributed by atoms with Crippen LogP contribution in [0.1, 0.15) is 58.3 Å². The molecule has 0 radical (unpaired) electrons. The smallest absolute Gasteiger partial charge is 0.320 e. The number of hydrogen-bond acceptors (Lipinski definition) is 6. The molecule has 29 heavy (non-hydrogen) atoms. The van der Waals surface area contributed by atoms with Crippen LogP contribution in [-0.4, -0.2) is 92.9 Å². The fraction of sp³-hybridized carbons (Fsp3) is 0.789. The van der Waals surface area contributed by atoms with E-state index in [9.17, 15) is 24.3 Å². The number of unbranched alkanes of at least 4 members (excludes halogenated alkanes) is 6. The Morgan fingerprint density at radius 2 is 1.17 bits per heavy atom. The Hall–Kier alpha value is -2.20. The fourth-order valence-electron chi connectivity index (χ4n) is 3.14. The summed E-state index contributed by atoms with van der Waals surface area (Å²) in [6.07, 6.45) is 7.34. The second-order valence-electron chi connectivity index (χ2n) is 7.13. The molecule has 10 heteroatoms. The van der Waals surface area contributed by atoms with Gasteiger partial charge in [0.1, 0.15) is 6.04 Å². The number of rotatable bonds is 19. The van der Waals surface area contributed by atoms with Crippen molar-refractivity contribution < 1.29 is 39.6 Å². The van der Waals surface area contributed by atoms with Crippen molar-refractivity contribution in [2.75, 3.05) is 32.7 Å². The molecule has 10 nitrogen and oxygen atoms in total. The standard InChI is InChI=1S/C19H34N2O8/c1-2-3-4-5-6-7-8-9-15(19(28)29)21(14-18(26)27)11-10-20(12-16(22)23)13-17(24)25/h15H,2-14H2,1H3,(H,22,23)(H,24,25)(H,26,27)(H,28,29). The number of hydrogen-bond donors (Lipinski definition) is 4. The van der Waals surface area contributed by atoms with Crippen LogP contribution in [0.15, 0.2) is 0 Å². The van der Waals surface area contributed by atoms with Crippen molar-refractivity contribution in [3.05, 3.63) is 0 Å². The van der Waals surface area contributed by atoms with Gasteiger partial charge < -0.3 is 20.4 Å². The highest BCUT2D eigenvalue weighted by Gasteiger charge is 2.27. The molecule has 0 amide bonds. The summed E-state index contributed by atoms with van der Waals surface area (Å²) in [7, 11) is 0. The van der Waals surface area contributed by atoms with E-state index in [1.807, 2.05) is 0 Å². The second-order valence-corrected chi connectivity index (χ2v) is 7.13. The van der Waals surface area contributed by atoms with Gasteiger partial charge in [-0.2, -0.15) is 0 Å². The lowest BCUT2D eigenvalue weighted by Crippen LogP contribution is -2.48. The molecular formula is C19H34N2O8. The van der Waals surface area contributed by atoms with Crippen LogP contribution >= 0.6 is 0 Å². The van der Waals surface area contributed by atoms with Crippen LogP contribution in [0.2, 0.25) is 0 Å². The van der Waals surface area contributed by atoms with E-state index in [4.69, 9.17) is 15.3 Å². The fourth-order valence-corrected chi connectivity index (χ4v) is 3.14. The van der Waals surface area contributed by atoms with Gasteiger partial charge in [-0.3, -0.25) is 29.0 Å². The van der Waals surface area contributed by atoms with E-state index in [2.05, 4.69) is 6.92 Å². The first kappa shape index (κ1) is 26.8. The average Bonchev–Trinajstić information content (AvgIpc) is 2.59. The van der Waals surface area contributed by atoms with Crippen molar-refractivity contribution in [2.24, 2.45) is 0 Å². The van der Waals surface area contributed by atoms with Gasteiger partial charge in [0.2, 0.25) is 0 Å². The van der Waals surface area contributed by atoms with Crippen LogP contribution in [0.5, 0.6) is 0 Å². The van der Waals surface area contributed by atoms with Crippen molar-refractivity contribution in [3.63, 3.8) is 0 Å². The van der Waals surface area contributed by atoms with Gasteiger partial charge in [-0.05, 0) is 6.42 Å². The van der Waals surface area contributed by atoms with Gasteiger partial charge in [-0.25, -0.2) is 0 Å². The van der Waals surface area contributed by atoms with Gasteiger partial charge in [0.15, 0.2) is 0 Å². The van der Waals surface area contributed by atoms with Crippen molar-refractivity contribution >= 4 is 23.9 Å². The largest absolute Gasteiger partial charge is 0.480 e. The van der Waals surface area contributed by atoms with Crippen molar-refractivity contribution in [1.82, 2.24) is 9.80 Å². The van der Waals surface area contributed by atoms with Crippen LogP contribution in [0.4, 0.5) is 0 Å². The van der Waals surface area contributed by atoms with Crippen LogP contribution in [0.25, 0.3) is 0 Å². The zero-order valence-corrected chi connectivity index (χ0v) is 17.1. The first-order valence-electron chi connectivity index (χ1n) is 10.0. The molecule has 0 bridgehead atoms. The first-order chi connectivity index (χ1) is 13.7. The first-order valence-corrected chi connectivity index (χ1v) is 10.0. The van der Waals surface area contributed by atoms with E-state index >= 15 is 0 Å². The van der Waals surface area contributed by atoms with Gasteiger partial charge in [-0.1, -0.05) is 51.9 Å². The number of carbonyl (C=O) groups is 4. The van der Waals surface area contributed by atoms with Gasteiger partial charge >= 0.3 is 23.9 Å². The molecule has 0 aliphatic carbocycles. The molecular weight excluding hydrogens is 384 g/mol. The Morgan fingerprint density at radius 1 is 0.690 bits per heavy atom. The molecule has 4 N–H and O–H groups in total. The molecule has 0 aromatic carbocycles. The molecule has 1 unspecified atom stereocenters. The van der Waals surface area contributed by atoms with Gasteiger partial charge in [-0.15, -0.1) is 0 Å². The van der Waals surface area contributed by atoms with E-state index in [1.54, 1.807) is 0 Å². The highest BCUT2D eigenvalue weighted by Crippen LogP contribution is 2.14. The van der Waals surface area contributed by atoms with E-state index in [1.165, 1.54) is 11.3 Å². The SMILES string of the molecule is CCCCCCCCCC(C(=O)O)N(CCN(CC(=O)O)CC(=O)O)CC(=O)O. The molecule has 0 saturated heterocycles. The molecule has 0 heterocycles. The minimum absolute atomic E-state index is 0.0552. The number of nitrogens with zero attached hydrogens (tertiary/aromatic N) is 2. The van der Waals surface area contributed by atoms with Crippen molar-refractivity contribution in [1.29, 1.82) is 0 Å². The van der Waals surface area contributed by atoms with Gasteiger partial charge in [0, 0.05) is 13.1 Å². The predicted octanol–water partition coefficient (Wildman–Crippen LogP) is 1.44. The second kappa shape index (κ2) is 15.7. The van der Waals surface area contributed by atoms with Gasteiger partial charge in [0.05, 0.1) is 19.6 Å². The average molecular weight is 418 g/mol. The van der Waals surface area contributed by atoms with Crippen molar-refractivity contribution in [3.8, 4) is 0 Å². The molecule has 168 valence electrons. The van der Waals surface area contributed by atoms with E-state index < -0.39 is 49.6 Å². The molecule has 0 aromatic heterocycles. The van der Waals surface area contributed by atoms with E-state index in [-0.39, 0.29) is 19.5 Å².